The van der Waals surface area contributed by atoms with Gasteiger partial charge >= 0.3 is 0 Å². The van der Waals surface area contributed by atoms with Crippen molar-refractivity contribution >= 4 is 23.1 Å². The Morgan fingerprint density at radius 2 is 1.70 bits per heavy atom. The van der Waals surface area contributed by atoms with E-state index in [9.17, 15) is 0 Å². The van der Waals surface area contributed by atoms with Crippen LogP contribution in [0, 0.1) is 0 Å². The highest BCUT2D eigenvalue weighted by Gasteiger charge is 2.14. The molecule has 0 heterocycles. The number of thioether (sulfide) groups is 1. The Kier molecular flexibility index (Phi) is 7.31. The Morgan fingerprint density at radius 1 is 0.967 bits per heavy atom. The zero-order valence-corrected chi connectivity index (χ0v) is 18.4. The van der Waals surface area contributed by atoms with Crippen LogP contribution in [-0.4, -0.2) is 11.4 Å². The third-order valence-electron chi connectivity index (χ3n) is 4.43. The molecule has 0 saturated carbocycles. The maximum Gasteiger partial charge on any atom is 0.180 e. The molecule has 0 aliphatic carbocycles. The predicted octanol–water partition coefficient (Wildman–Crippen LogP) is 6.36. The van der Waals surface area contributed by atoms with E-state index in [1.54, 1.807) is 6.21 Å². The van der Waals surface area contributed by atoms with E-state index < -0.39 is 0 Å². The van der Waals surface area contributed by atoms with Gasteiger partial charge in [0.2, 0.25) is 0 Å². The topological polar surface area (TPSA) is 60.0 Å². The molecule has 2 N–H and O–H groups in total. The molecular formula is C25H27N3OS. The predicted molar refractivity (Wildman–Crippen MR) is 129 cm³/mol. The monoisotopic (exact) mass is 417 g/mol. The number of hydrogen-bond donors (Lipinski definition) is 1. The summed E-state index contributed by atoms with van der Waals surface area (Å²) in [7, 11) is 0. The summed E-state index contributed by atoms with van der Waals surface area (Å²) in [5.41, 5.74) is 9.29. The molecule has 5 heteroatoms. The zero-order valence-electron chi connectivity index (χ0n) is 17.6. The van der Waals surface area contributed by atoms with Crippen LogP contribution in [0.2, 0.25) is 0 Å². The molecular weight excluding hydrogens is 390 g/mol. The highest BCUT2D eigenvalue weighted by atomic mass is 32.2. The minimum Gasteiger partial charge on any atom is -0.457 e. The third-order valence-corrected chi connectivity index (χ3v) is 5.28. The van der Waals surface area contributed by atoms with E-state index in [0.29, 0.717) is 5.17 Å². The second-order valence-corrected chi connectivity index (χ2v) is 8.87. The third kappa shape index (κ3) is 6.49. The van der Waals surface area contributed by atoms with Crippen molar-refractivity contribution in [2.24, 2.45) is 15.9 Å². The maximum absolute atomic E-state index is 6.13. The van der Waals surface area contributed by atoms with Crippen LogP contribution < -0.4 is 10.5 Å². The first-order valence-electron chi connectivity index (χ1n) is 9.82. The number of rotatable bonds is 6. The van der Waals surface area contributed by atoms with Gasteiger partial charge in [0.15, 0.2) is 5.17 Å². The van der Waals surface area contributed by atoms with Crippen LogP contribution in [0.1, 0.15) is 37.5 Å². The molecule has 0 radical (unpaired) electrons. The number of hydrogen-bond acceptors (Lipinski definition) is 4. The van der Waals surface area contributed by atoms with Crippen LogP contribution in [0.4, 0.5) is 0 Å². The fourth-order valence-corrected chi connectivity index (χ4v) is 3.35. The first-order valence-corrected chi connectivity index (χ1v) is 10.8. The Balaban J connectivity index is 1.68. The van der Waals surface area contributed by atoms with Gasteiger partial charge in [-0.1, -0.05) is 87.1 Å². The van der Waals surface area contributed by atoms with Crippen molar-refractivity contribution in [1.82, 2.24) is 0 Å². The lowest BCUT2D eigenvalue weighted by atomic mass is 9.87. The number of nitrogens with two attached hydrogens (primary N) is 1. The molecule has 0 atom stereocenters. The SMILES string of the molecule is CC(C)(C)c1cccc(Oc2ccccc2C=NN=C(N)SCc2ccccc2)c1. The molecule has 0 unspecified atom stereocenters. The summed E-state index contributed by atoms with van der Waals surface area (Å²) in [5.74, 6) is 2.28. The molecule has 0 aromatic heterocycles. The molecule has 0 saturated heterocycles. The lowest BCUT2D eigenvalue weighted by Crippen LogP contribution is -2.10. The van der Waals surface area contributed by atoms with E-state index in [-0.39, 0.29) is 5.41 Å². The van der Waals surface area contributed by atoms with E-state index in [1.807, 2.05) is 54.6 Å². The van der Waals surface area contributed by atoms with Crippen LogP contribution in [0.5, 0.6) is 11.5 Å². The summed E-state index contributed by atoms with van der Waals surface area (Å²) >= 11 is 1.46. The molecule has 0 spiro atoms. The van der Waals surface area contributed by atoms with E-state index in [4.69, 9.17) is 10.5 Å². The molecule has 0 aliphatic rings. The van der Waals surface area contributed by atoms with E-state index in [2.05, 4.69) is 55.2 Å². The van der Waals surface area contributed by atoms with Crippen LogP contribution in [0.25, 0.3) is 0 Å². The van der Waals surface area contributed by atoms with Gasteiger partial charge in [-0.2, -0.15) is 5.10 Å². The van der Waals surface area contributed by atoms with Gasteiger partial charge in [0, 0.05) is 11.3 Å². The summed E-state index contributed by atoms with van der Waals surface area (Å²) in [6.07, 6.45) is 1.67. The molecule has 4 nitrogen and oxygen atoms in total. The standard InChI is InChI=1S/C25H27N3OS/c1-25(2,3)21-13-9-14-22(16-21)29-23-15-8-7-12-20(23)17-27-28-24(26)30-18-19-10-5-4-6-11-19/h4-17H,18H2,1-3H3,(H2,26,28). The Morgan fingerprint density at radius 3 is 2.47 bits per heavy atom. The average Bonchev–Trinajstić information content (AvgIpc) is 2.74. The number of benzene rings is 3. The summed E-state index contributed by atoms with van der Waals surface area (Å²) in [6.45, 7) is 6.56. The smallest absolute Gasteiger partial charge is 0.180 e. The van der Waals surface area contributed by atoms with Gasteiger partial charge in [-0.3, -0.25) is 0 Å². The van der Waals surface area contributed by atoms with Crippen molar-refractivity contribution in [2.75, 3.05) is 0 Å². The van der Waals surface area contributed by atoms with Crippen molar-refractivity contribution in [2.45, 2.75) is 31.9 Å². The van der Waals surface area contributed by atoms with Gasteiger partial charge in [0.25, 0.3) is 0 Å². The summed E-state index contributed by atoms with van der Waals surface area (Å²) in [6, 6.07) is 26.0. The average molecular weight is 418 g/mol. The summed E-state index contributed by atoms with van der Waals surface area (Å²) < 4.78 is 6.13. The molecule has 3 aromatic rings. The van der Waals surface area contributed by atoms with Crippen molar-refractivity contribution in [3.05, 3.63) is 95.6 Å². The fourth-order valence-electron chi connectivity index (χ4n) is 2.74. The van der Waals surface area contributed by atoms with Crippen molar-refractivity contribution in [3.8, 4) is 11.5 Å². The summed E-state index contributed by atoms with van der Waals surface area (Å²) in [4.78, 5) is 0. The maximum atomic E-state index is 6.13. The molecule has 0 aliphatic heterocycles. The minimum absolute atomic E-state index is 0.0595. The van der Waals surface area contributed by atoms with Crippen molar-refractivity contribution in [3.63, 3.8) is 0 Å². The quantitative estimate of drug-likeness (QED) is 0.288. The van der Waals surface area contributed by atoms with Crippen LogP contribution in [-0.2, 0) is 11.2 Å². The number of amidine groups is 1. The molecule has 3 aromatic carbocycles. The molecule has 3 rings (SSSR count). The van der Waals surface area contributed by atoms with Gasteiger partial charge in [0.05, 0.1) is 6.21 Å². The Bertz CT molecular complexity index is 1020. The number of nitrogens with zero attached hydrogens (tertiary/aromatic N) is 2. The number of ether oxygens (including phenoxy) is 1. The Labute approximate surface area is 182 Å². The van der Waals surface area contributed by atoms with Gasteiger partial charge in [-0.25, -0.2) is 0 Å². The van der Waals surface area contributed by atoms with E-state index >= 15 is 0 Å². The fraction of sp³-hybridized carbons (Fsp3) is 0.200. The van der Waals surface area contributed by atoms with Crippen LogP contribution >= 0.6 is 11.8 Å². The van der Waals surface area contributed by atoms with Crippen LogP contribution in [0.3, 0.4) is 0 Å². The number of para-hydroxylation sites is 1. The van der Waals surface area contributed by atoms with Crippen molar-refractivity contribution < 1.29 is 4.74 Å². The normalized spacial score (nSPS) is 12.3. The van der Waals surface area contributed by atoms with E-state index in [0.717, 1.165) is 22.8 Å². The Hall–Kier alpha value is -3.05. The molecule has 154 valence electrons. The molecule has 0 fully saturated rings. The van der Waals surface area contributed by atoms with Gasteiger partial charge in [-0.15, -0.1) is 5.10 Å². The molecule has 0 bridgehead atoms. The highest BCUT2D eigenvalue weighted by molar-refractivity contribution is 8.13. The molecule has 30 heavy (non-hydrogen) atoms. The first kappa shape index (κ1) is 21.7. The van der Waals surface area contributed by atoms with Crippen LogP contribution in [0.15, 0.2) is 89.1 Å². The lowest BCUT2D eigenvalue weighted by molar-refractivity contribution is 0.478. The van der Waals surface area contributed by atoms with Gasteiger partial charge in [-0.05, 0) is 40.8 Å². The highest BCUT2D eigenvalue weighted by Crippen LogP contribution is 2.29. The lowest BCUT2D eigenvalue weighted by Gasteiger charge is -2.20. The first-order chi connectivity index (χ1) is 14.4. The second kappa shape index (κ2) is 10.1. The van der Waals surface area contributed by atoms with Gasteiger partial charge in [0.1, 0.15) is 11.5 Å². The van der Waals surface area contributed by atoms with E-state index in [1.165, 1.54) is 22.9 Å². The summed E-state index contributed by atoms with van der Waals surface area (Å²) in [5, 5.41) is 8.67. The molecule has 0 amide bonds. The zero-order chi connectivity index (χ0) is 21.4. The minimum atomic E-state index is 0.0595. The van der Waals surface area contributed by atoms with Crippen molar-refractivity contribution in [1.29, 1.82) is 0 Å². The van der Waals surface area contributed by atoms with Gasteiger partial charge < -0.3 is 10.5 Å². The second-order valence-electron chi connectivity index (χ2n) is 7.87. The largest absolute Gasteiger partial charge is 0.457 e.